The van der Waals surface area contributed by atoms with Crippen molar-refractivity contribution in [3.8, 4) is 5.75 Å². The number of nitrogens with one attached hydrogen (secondary N) is 1. The molecule has 0 aliphatic carbocycles. The average Bonchev–Trinajstić information content (AvgIpc) is 2.76. The molecule has 35 heavy (non-hydrogen) atoms. The zero-order chi connectivity index (χ0) is 26.6. The molecule has 2 aromatic rings. The van der Waals surface area contributed by atoms with E-state index in [-0.39, 0.29) is 23.2 Å². The third-order valence-corrected chi connectivity index (χ3v) is 7.31. The van der Waals surface area contributed by atoms with Crippen LogP contribution < -0.4 is 10.1 Å². The zero-order valence-corrected chi connectivity index (χ0v) is 23.3. The molecule has 0 fully saturated rings. The fraction of sp³-hybridized carbons (Fsp3) is 0.320. The lowest BCUT2D eigenvalue weighted by Crippen LogP contribution is -2.27. The summed E-state index contributed by atoms with van der Waals surface area (Å²) in [4.78, 5) is 12.7. The van der Waals surface area contributed by atoms with E-state index < -0.39 is 21.2 Å². The highest BCUT2D eigenvalue weighted by molar-refractivity contribution is 7.94. The lowest BCUT2D eigenvalue weighted by molar-refractivity contribution is 0.0938. The van der Waals surface area contributed by atoms with Crippen LogP contribution in [0.3, 0.4) is 0 Å². The monoisotopic (exact) mass is 559 g/mol. The second-order valence-electron chi connectivity index (χ2n) is 8.42. The first-order valence-electron chi connectivity index (χ1n) is 10.5. The van der Waals surface area contributed by atoms with Gasteiger partial charge in [0.15, 0.2) is 15.6 Å². The van der Waals surface area contributed by atoms with Gasteiger partial charge in [-0.05, 0) is 49.2 Å². The van der Waals surface area contributed by atoms with Crippen molar-refractivity contribution in [1.82, 2.24) is 5.32 Å². The summed E-state index contributed by atoms with van der Waals surface area (Å²) < 4.78 is 34.7. The van der Waals surface area contributed by atoms with Gasteiger partial charge in [-0.25, -0.2) is 8.42 Å². The summed E-state index contributed by atoms with van der Waals surface area (Å²) in [5, 5.41) is 3.27. The number of amides is 1. The molecule has 0 atom stereocenters. The maximum atomic E-state index is 12.8. The van der Waals surface area contributed by atoms with Gasteiger partial charge in [-0.2, -0.15) is 0 Å². The summed E-state index contributed by atoms with van der Waals surface area (Å²) in [6, 6.07) is 10.5. The minimum atomic E-state index is -3.59. The molecule has 2 rings (SSSR count). The Morgan fingerprint density at radius 3 is 2.06 bits per heavy atom. The number of hydrogen-bond acceptors (Lipinski definition) is 5. The van der Waals surface area contributed by atoms with Gasteiger partial charge in [0, 0.05) is 17.2 Å². The maximum Gasteiger partial charge on any atom is 0.257 e. The number of alkyl halides is 1. The molecule has 0 aromatic heterocycles. The van der Waals surface area contributed by atoms with E-state index in [1.165, 1.54) is 6.92 Å². The van der Waals surface area contributed by atoms with Crippen LogP contribution in [-0.4, -0.2) is 33.1 Å². The Morgan fingerprint density at radius 2 is 1.60 bits per heavy atom. The van der Waals surface area contributed by atoms with Gasteiger partial charge in [0.1, 0.15) is 11.5 Å². The van der Waals surface area contributed by atoms with Crippen molar-refractivity contribution in [3.05, 3.63) is 86.3 Å². The molecule has 0 saturated carbocycles. The lowest BCUT2D eigenvalue weighted by Gasteiger charge is -2.27. The number of carbonyl (C=O) groups excluding carboxylic acids is 1. The highest BCUT2D eigenvalue weighted by Gasteiger charge is 2.26. The quantitative estimate of drug-likeness (QED) is 0.267. The molecule has 0 saturated heterocycles. The van der Waals surface area contributed by atoms with Crippen molar-refractivity contribution in [3.63, 3.8) is 0 Å². The predicted octanol–water partition coefficient (Wildman–Crippen LogP) is 6.45. The van der Waals surface area contributed by atoms with E-state index in [9.17, 15) is 13.2 Å². The van der Waals surface area contributed by atoms with E-state index in [2.05, 4.69) is 11.9 Å². The minimum absolute atomic E-state index is 0.112. The number of sulfone groups is 1. The summed E-state index contributed by atoms with van der Waals surface area (Å²) >= 11 is 18.5. The van der Waals surface area contributed by atoms with E-state index in [4.69, 9.17) is 44.3 Å². The summed E-state index contributed by atoms with van der Waals surface area (Å²) in [7, 11) is -3.59. The predicted molar refractivity (Wildman–Crippen MR) is 142 cm³/mol. The SMILES string of the molecule is C=C(C)O/C(NC(=O)c1ccc(C(C)(C)c2cc(Cl)c(OCCCl)c(Cl)c2)cc1)=C(\C)S(C)(=O)=O. The number of benzene rings is 2. The number of halogens is 3. The molecule has 0 bridgehead atoms. The Balaban J connectivity index is 2.33. The maximum absolute atomic E-state index is 12.8. The van der Waals surface area contributed by atoms with Gasteiger partial charge in [-0.3, -0.25) is 10.1 Å². The number of carbonyl (C=O) groups is 1. The molecule has 6 nitrogen and oxygen atoms in total. The fourth-order valence-corrected chi connectivity index (χ4v) is 4.21. The molecule has 0 aliphatic heterocycles. The van der Waals surface area contributed by atoms with E-state index in [0.29, 0.717) is 27.2 Å². The number of rotatable bonds is 10. The Morgan fingerprint density at radius 1 is 1.06 bits per heavy atom. The Bertz CT molecular complexity index is 1230. The fourth-order valence-electron chi connectivity index (χ4n) is 3.11. The summed E-state index contributed by atoms with van der Waals surface area (Å²) in [6.07, 6.45) is 1.03. The molecule has 1 N–H and O–H groups in total. The Kier molecular flexibility index (Phi) is 9.71. The van der Waals surface area contributed by atoms with Crippen molar-refractivity contribution in [1.29, 1.82) is 0 Å². The van der Waals surface area contributed by atoms with Crippen molar-refractivity contribution in [2.75, 3.05) is 18.7 Å². The summed E-state index contributed by atoms with van der Waals surface area (Å²) in [5.41, 5.74) is 1.56. The standard InChI is InChI=1S/C25H28Cl3NO5S/c1-15(2)34-24(16(3)35(6,31)32)29-23(30)17-7-9-18(10-8-17)25(4,5)19-13-20(27)22(21(28)14-19)33-12-11-26/h7-10,13-14H,1,11-12H2,2-6H3,(H,29,30)/b24-16+. The van der Waals surface area contributed by atoms with Crippen LogP contribution in [0.4, 0.5) is 0 Å². The Labute approximate surface area is 221 Å². The smallest absolute Gasteiger partial charge is 0.257 e. The van der Waals surface area contributed by atoms with E-state index in [0.717, 1.165) is 17.4 Å². The zero-order valence-electron chi connectivity index (χ0n) is 20.2. The summed E-state index contributed by atoms with van der Waals surface area (Å²) in [5.74, 6) is 0.211. The second-order valence-corrected chi connectivity index (χ2v) is 11.8. The van der Waals surface area contributed by atoms with Crippen molar-refractivity contribution < 1.29 is 22.7 Å². The first kappa shape index (κ1) is 29.0. The van der Waals surface area contributed by atoms with Crippen LogP contribution >= 0.6 is 34.8 Å². The molecule has 0 spiro atoms. The average molecular weight is 561 g/mol. The van der Waals surface area contributed by atoms with Gasteiger partial charge >= 0.3 is 0 Å². The van der Waals surface area contributed by atoms with E-state index in [1.807, 2.05) is 13.8 Å². The number of allylic oxidation sites excluding steroid dienone is 2. The van der Waals surface area contributed by atoms with Crippen LogP contribution in [0.25, 0.3) is 0 Å². The van der Waals surface area contributed by atoms with Gasteiger partial charge in [-0.1, -0.05) is 55.8 Å². The Hall–Kier alpha value is -2.19. The normalized spacial score (nSPS) is 12.6. The highest BCUT2D eigenvalue weighted by atomic mass is 35.5. The van der Waals surface area contributed by atoms with Crippen LogP contribution in [0.15, 0.2) is 59.5 Å². The molecule has 1 amide bonds. The second kappa shape index (κ2) is 11.7. The third kappa shape index (κ3) is 7.40. The summed E-state index contributed by atoms with van der Waals surface area (Å²) in [6.45, 7) is 10.8. The van der Waals surface area contributed by atoms with Crippen LogP contribution in [-0.2, 0) is 20.0 Å². The molecular weight excluding hydrogens is 533 g/mol. The molecular formula is C25H28Cl3NO5S. The highest BCUT2D eigenvalue weighted by Crippen LogP contribution is 2.40. The van der Waals surface area contributed by atoms with Gasteiger partial charge in [0.05, 0.1) is 21.7 Å². The van der Waals surface area contributed by atoms with E-state index >= 15 is 0 Å². The largest absolute Gasteiger partial charge is 0.489 e. The first-order chi connectivity index (χ1) is 16.2. The first-order valence-corrected chi connectivity index (χ1v) is 13.7. The van der Waals surface area contributed by atoms with Crippen LogP contribution in [0.5, 0.6) is 5.75 Å². The van der Waals surface area contributed by atoms with Crippen molar-refractivity contribution >= 4 is 50.5 Å². The van der Waals surface area contributed by atoms with Crippen LogP contribution in [0.1, 0.15) is 49.2 Å². The third-order valence-electron chi connectivity index (χ3n) is 5.29. The lowest BCUT2D eigenvalue weighted by atomic mass is 9.78. The molecule has 0 unspecified atom stereocenters. The van der Waals surface area contributed by atoms with E-state index in [1.54, 1.807) is 43.3 Å². The minimum Gasteiger partial charge on any atom is -0.489 e. The van der Waals surface area contributed by atoms with Crippen molar-refractivity contribution in [2.24, 2.45) is 0 Å². The molecule has 190 valence electrons. The van der Waals surface area contributed by atoms with Gasteiger partial charge in [0.25, 0.3) is 5.91 Å². The molecule has 0 aliphatic rings. The van der Waals surface area contributed by atoms with Gasteiger partial charge in [0.2, 0.25) is 5.88 Å². The van der Waals surface area contributed by atoms with Crippen LogP contribution in [0.2, 0.25) is 10.0 Å². The molecule has 10 heteroatoms. The van der Waals surface area contributed by atoms with Gasteiger partial charge in [-0.15, -0.1) is 11.6 Å². The molecule has 0 heterocycles. The topological polar surface area (TPSA) is 81.7 Å². The van der Waals surface area contributed by atoms with Gasteiger partial charge < -0.3 is 9.47 Å². The molecule has 0 radical (unpaired) electrons. The van der Waals surface area contributed by atoms with Crippen molar-refractivity contribution in [2.45, 2.75) is 33.1 Å². The van der Waals surface area contributed by atoms with Crippen LogP contribution in [0, 0.1) is 0 Å². The number of hydrogen-bond donors (Lipinski definition) is 1. The number of ether oxygens (including phenoxy) is 2. The molecule has 2 aromatic carbocycles.